The minimum Gasteiger partial charge on any atom is -0.478 e. The van der Waals surface area contributed by atoms with Crippen molar-refractivity contribution >= 4 is 21.9 Å². The van der Waals surface area contributed by atoms with Crippen molar-refractivity contribution in [3.8, 4) is 0 Å². The first-order valence-corrected chi connectivity index (χ1v) is 7.70. The first kappa shape index (κ1) is 15.4. The van der Waals surface area contributed by atoms with Gasteiger partial charge in [0.15, 0.2) is 5.03 Å². The van der Waals surface area contributed by atoms with Gasteiger partial charge in [0, 0.05) is 20.6 Å². The molecule has 1 unspecified atom stereocenters. The molecule has 0 aromatic carbocycles. The molecule has 1 fully saturated rings. The van der Waals surface area contributed by atoms with E-state index in [0.29, 0.717) is 12.8 Å². The van der Waals surface area contributed by atoms with Gasteiger partial charge in [0.25, 0.3) is 10.0 Å². The highest BCUT2D eigenvalue weighted by Crippen LogP contribution is 2.27. The van der Waals surface area contributed by atoms with Gasteiger partial charge in [0.05, 0.1) is 6.20 Å². The van der Waals surface area contributed by atoms with Gasteiger partial charge in [0.2, 0.25) is 5.91 Å². The van der Waals surface area contributed by atoms with Gasteiger partial charge in [-0.25, -0.2) is 13.2 Å². The maximum Gasteiger partial charge on any atom is 0.340 e. The summed E-state index contributed by atoms with van der Waals surface area (Å²) < 4.78 is 26.2. The van der Waals surface area contributed by atoms with Crippen molar-refractivity contribution in [2.45, 2.75) is 23.9 Å². The number of sulfonamides is 1. The summed E-state index contributed by atoms with van der Waals surface area (Å²) in [5, 5.41) is 14.2. The minimum atomic E-state index is -4.11. The number of nitrogens with one attached hydrogen (secondary N) is 1. The number of likely N-dealkylation sites (N-methyl/N-ethyl adjacent to an activating group) is 1. The Bertz CT molecular complexity index is 666. The standard InChI is InChI=1S/C11H16N4O5S/c1-14(2)10(16)8-4-3-5-15(8)21(19,20)9-7(11(17)18)6-12-13-9/h6,8H,3-5H2,1-2H3,(H,12,13)(H,17,18). The second kappa shape index (κ2) is 5.45. The van der Waals surface area contributed by atoms with Crippen molar-refractivity contribution in [3.05, 3.63) is 11.8 Å². The fourth-order valence-electron chi connectivity index (χ4n) is 2.31. The number of carbonyl (C=O) groups is 2. The van der Waals surface area contributed by atoms with Gasteiger partial charge >= 0.3 is 5.97 Å². The largest absolute Gasteiger partial charge is 0.478 e. The maximum absolute atomic E-state index is 12.6. The SMILES string of the molecule is CN(C)C(=O)C1CCCN1S(=O)(=O)c1[nH]ncc1C(=O)O. The van der Waals surface area contributed by atoms with Crippen LogP contribution >= 0.6 is 0 Å². The van der Waals surface area contributed by atoms with Crippen LogP contribution < -0.4 is 0 Å². The average Bonchev–Trinajstić information content (AvgIpc) is 3.06. The summed E-state index contributed by atoms with van der Waals surface area (Å²) in [5.74, 6) is -1.72. The van der Waals surface area contributed by atoms with Crippen LogP contribution in [0.2, 0.25) is 0 Å². The van der Waals surface area contributed by atoms with Gasteiger partial charge in [-0.15, -0.1) is 0 Å². The third kappa shape index (κ3) is 2.63. The summed E-state index contributed by atoms with van der Waals surface area (Å²) in [6, 6.07) is -0.810. The van der Waals surface area contributed by atoms with Crippen LogP contribution in [-0.2, 0) is 14.8 Å². The minimum absolute atomic E-state index is 0.171. The molecule has 1 amide bonds. The molecule has 1 aliphatic rings. The van der Waals surface area contributed by atoms with Gasteiger partial charge < -0.3 is 10.0 Å². The van der Waals surface area contributed by atoms with E-state index < -0.39 is 32.6 Å². The molecule has 10 heteroatoms. The monoisotopic (exact) mass is 316 g/mol. The van der Waals surface area contributed by atoms with Crippen molar-refractivity contribution < 1.29 is 23.1 Å². The fourth-order valence-corrected chi connectivity index (χ4v) is 4.03. The second-order valence-electron chi connectivity index (χ2n) is 4.92. The number of H-pyrrole nitrogens is 1. The number of nitrogens with zero attached hydrogens (tertiary/aromatic N) is 3. The highest BCUT2D eigenvalue weighted by Gasteiger charge is 2.42. The Morgan fingerprint density at radius 1 is 1.48 bits per heavy atom. The van der Waals surface area contributed by atoms with Crippen LogP contribution in [-0.4, -0.2) is 71.5 Å². The molecule has 9 nitrogen and oxygen atoms in total. The molecule has 2 rings (SSSR count). The van der Waals surface area contributed by atoms with Crippen molar-refractivity contribution in [2.24, 2.45) is 0 Å². The summed E-state index contributed by atoms with van der Waals surface area (Å²) in [7, 11) is -1.02. The normalized spacial score (nSPS) is 19.6. The smallest absolute Gasteiger partial charge is 0.340 e. The summed E-state index contributed by atoms with van der Waals surface area (Å²) in [5.41, 5.74) is -0.432. The zero-order valence-corrected chi connectivity index (χ0v) is 12.4. The number of hydrogen-bond donors (Lipinski definition) is 2. The van der Waals surface area contributed by atoms with E-state index in [1.54, 1.807) is 14.1 Å². The average molecular weight is 316 g/mol. The molecular formula is C11H16N4O5S. The van der Waals surface area contributed by atoms with E-state index >= 15 is 0 Å². The molecule has 2 heterocycles. The molecular weight excluding hydrogens is 300 g/mol. The Kier molecular flexibility index (Phi) is 4.01. The summed E-state index contributed by atoms with van der Waals surface area (Å²) >= 11 is 0. The number of carboxylic acids is 1. The van der Waals surface area contributed by atoms with Gasteiger partial charge in [-0.3, -0.25) is 9.89 Å². The van der Waals surface area contributed by atoms with E-state index in [2.05, 4.69) is 10.2 Å². The molecule has 1 aromatic heterocycles. The van der Waals surface area contributed by atoms with Crippen LogP contribution in [0.15, 0.2) is 11.2 Å². The lowest BCUT2D eigenvalue weighted by molar-refractivity contribution is -0.132. The Hall–Kier alpha value is -1.94. The van der Waals surface area contributed by atoms with Gasteiger partial charge in [-0.1, -0.05) is 0 Å². The van der Waals surface area contributed by atoms with Gasteiger partial charge in [-0.2, -0.15) is 9.40 Å². The van der Waals surface area contributed by atoms with E-state index in [1.165, 1.54) is 4.90 Å². The first-order chi connectivity index (χ1) is 9.76. The molecule has 1 aromatic rings. The maximum atomic E-state index is 12.6. The van der Waals surface area contributed by atoms with Crippen molar-refractivity contribution in [2.75, 3.05) is 20.6 Å². The lowest BCUT2D eigenvalue weighted by atomic mass is 10.2. The molecule has 1 atom stereocenters. The van der Waals surface area contributed by atoms with Gasteiger partial charge in [0.1, 0.15) is 11.6 Å². The number of carbonyl (C=O) groups excluding carboxylic acids is 1. The van der Waals surface area contributed by atoms with E-state index in [9.17, 15) is 18.0 Å². The zero-order chi connectivity index (χ0) is 15.8. The summed E-state index contributed by atoms with van der Waals surface area (Å²) in [4.78, 5) is 24.4. The molecule has 0 radical (unpaired) electrons. The Balaban J connectivity index is 2.41. The van der Waals surface area contributed by atoms with Crippen LogP contribution in [0.5, 0.6) is 0 Å². The molecule has 21 heavy (non-hydrogen) atoms. The van der Waals surface area contributed by atoms with Crippen LogP contribution in [0, 0.1) is 0 Å². The Morgan fingerprint density at radius 3 is 2.71 bits per heavy atom. The molecule has 0 bridgehead atoms. The van der Waals surface area contributed by atoms with E-state index in [-0.39, 0.29) is 12.5 Å². The molecule has 0 aliphatic carbocycles. The predicted octanol–water partition coefficient (Wildman–Crippen LogP) is -0.651. The number of rotatable bonds is 4. The Morgan fingerprint density at radius 2 is 2.14 bits per heavy atom. The first-order valence-electron chi connectivity index (χ1n) is 6.26. The molecule has 0 spiro atoms. The van der Waals surface area contributed by atoms with Crippen LogP contribution in [0.1, 0.15) is 23.2 Å². The molecule has 1 saturated heterocycles. The van der Waals surface area contributed by atoms with Gasteiger partial charge in [-0.05, 0) is 12.8 Å². The zero-order valence-electron chi connectivity index (χ0n) is 11.6. The molecule has 1 aliphatic heterocycles. The number of amides is 1. The van der Waals surface area contributed by atoms with Crippen molar-refractivity contribution in [1.82, 2.24) is 19.4 Å². The van der Waals surface area contributed by atoms with E-state index in [1.807, 2.05) is 0 Å². The lowest BCUT2D eigenvalue weighted by Crippen LogP contribution is -2.45. The molecule has 2 N–H and O–H groups in total. The lowest BCUT2D eigenvalue weighted by Gasteiger charge is -2.25. The van der Waals surface area contributed by atoms with Crippen LogP contribution in [0.4, 0.5) is 0 Å². The number of aromatic carboxylic acids is 1. The third-order valence-corrected chi connectivity index (χ3v) is 5.21. The molecule has 116 valence electrons. The highest BCUT2D eigenvalue weighted by atomic mass is 32.2. The third-order valence-electron chi connectivity index (χ3n) is 3.33. The number of carboxylic acid groups (broad SMARTS) is 1. The fraction of sp³-hybridized carbons (Fsp3) is 0.545. The highest BCUT2D eigenvalue weighted by molar-refractivity contribution is 7.89. The number of aromatic amines is 1. The summed E-state index contributed by atoms with van der Waals surface area (Å²) in [6.45, 7) is 0.171. The van der Waals surface area contributed by atoms with Crippen LogP contribution in [0.25, 0.3) is 0 Å². The van der Waals surface area contributed by atoms with Crippen LogP contribution in [0.3, 0.4) is 0 Å². The number of hydrogen-bond acceptors (Lipinski definition) is 5. The Labute approximate surface area is 121 Å². The van der Waals surface area contributed by atoms with Crippen molar-refractivity contribution in [3.63, 3.8) is 0 Å². The quantitative estimate of drug-likeness (QED) is 0.760. The predicted molar refractivity (Wildman–Crippen MR) is 71.2 cm³/mol. The second-order valence-corrected chi connectivity index (χ2v) is 6.75. The van der Waals surface area contributed by atoms with E-state index in [4.69, 9.17) is 5.11 Å². The summed E-state index contributed by atoms with van der Waals surface area (Å²) in [6.07, 6.45) is 1.89. The molecule has 0 saturated carbocycles. The topological polar surface area (TPSA) is 124 Å². The number of aromatic nitrogens is 2. The van der Waals surface area contributed by atoms with Crippen molar-refractivity contribution in [1.29, 1.82) is 0 Å². The van der Waals surface area contributed by atoms with E-state index in [0.717, 1.165) is 10.5 Å².